The van der Waals surface area contributed by atoms with Gasteiger partial charge in [-0.05, 0) is 38.5 Å². The monoisotopic (exact) mass is 649 g/mol. The van der Waals surface area contributed by atoms with E-state index in [1.165, 1.54) is 135 Å². The summed E-state index contributed by atoms with van der Waals surface area (Å²) >= 11 is 0. The van der Waals surface area contributed by atoms with E-state index in [0.29, 0.717) is 25.9 Å². The quantitative estimate of drug-likeness (QED) is 0.0208. The van der Waals surface area contributed by atoms with Crippen molar-refractivity contribution in [2.75, 3.05) is 13.1 Å². The summed E-state index contributed by atoms with van der Waals surface area (Å²) in [7, 11) is 0. The normalized spacial score (nSPS) is 12.0. The molecule has 0 radical (unpaired) electrons. The molecule has 1 atom stereocenters. The zero-order valence-electron chi connectivity index (χ0n) is 30.6. The van der Waals surface area contributed by atoms with Crippen molar-refractivity contribution in [3.63, 3.8) is 0 Å². The molecule has 0 aliphatic rings. The lowest BCUT2D eigenvalue weighted by atomic mass is 10.0. The maximum atomic E-state index is 12.9. The second-order valence-electron chi connectivity index (χ2n) is 13.5. The van der Waals surface area contributed by atoms with Gasteiger partial charge in [-0.2, -0.15) is 0 Å². The van der Waals surface area contributed by atoms with Crippen LogP contribution < -0.4 is 27.1 Å². The summed E-state index contributed by atoms with van der Waals surface area (Å²) in [4.78, 5) is 28.4. The molecule has 0 spiro atoms. The van der Waals surface area contributed by atoms with Crippen LogP contribution in [0.4, 0.5) is 0 Å². The van der Waals surface area contributed by atoms with E-state index in [2.05, 4.69) is 41.6 Å². The molecule has 7 N–H and O–H groups in total. The highest BCUT2D eigenvalue weighted by Crippen LogP contribution is 2.13. The third kappa shape index (κ3) is 33.3. The number of carbonyl (C=O) groups excluding carboxylic acids is 2. The molecule has 0 fully saturated rings. The number of amides is 2. The van der Waals surface area contributed by atoms with E-state index in [4.69, 9.17) is 11.5 Å². The zero-order chi connectivity index (χ0) is 33.8. The molecule has 0 rings (SSSR count). The highest BCUT2D eigenvalue weighted by atomic mass is 16.2. The van der Waals surface area contributed by atoms with Crippen LogP contribution in [0.5, 0.6) is 0 Å². The maximum Gasteiger partial charge on any atom is 0.338 e. The molecule has 0 aromatic heterocycles. The van der Waals surface area contributed by atoms with Gasteiger partial charge in [-0.25, -0.2) is 0 Å². The van der Waals surface area contributed by atoms with Crippen LogP contribution in [0.3, 0.4) is 0 Å². The zero-order valence-corrected chi connectivity index (χ0v) is 30.6. The number of nitrogens with one attached hydrogen (secondary N) is 3. The van der Waals surface area contributed by atoms with Crippen molar-refractivity contribution in [3.05, 3.63) is 12.2 Å². The molecule has 0 saturated carbocycles. The standard InChI is InChI=1S/C39H77N5O2/c1-3-5-7-9-11-13-15-17-19-20-22-24-26-28-30-32-37(45)44-36(33-35-43-39(40)41)38(46)42-34-31-29-27-25-23-21-18-16-14-12-10-8-6-4-2/h17,19,36H,3-16,18,20-35H2,1-2H3,(H,42,46)(H,44,45)(H4,40,41,43)/p+1/b19-17+. The van der Waals surface area contributed by atoms with Gasteiger partial charge in [0, 0.05) is 19.4 Å². The number of unbranched alkanes of at least 4 members (excludes halogenated alkanes) is 24. The lowest BCUT2D eigenvalue weighted by Crippen LogP contribution is -2.78. The number of carbonyl (C=O) groups is 2. The van der Waals surface area contributed by atoms with Crippen LogP contribution in [-0.2, 0) is 9.59 Å². The van der Waals surface area contributed by atoms with Crippen molar-refractivity contribution >= 4 is 17.8 Å². The number of hydrogen-bond donors (Lipinski definition) is 5. The van der Waals surface area contributed by atoms with E-state index in [1.54, 1.807) is 0 Å². The van der Waals surface area contributed by atoms with Crippen molar-refractivity contribution in [1.29, 1.82) is 0 Å². The lowest BCUT2D eigenvalue weighted by Gasteiger charge is -2.17. The van der Waals surface area contributed by atoms with Crippen molar-refractivity contribution in [1.82, 2.24) is 10.6 Å². The minimum absolute atomic E-state index is 0.0565. The van der Waals surface area contributed by atoms with Gasteiger partial charge in [-0.15, -0.1) is 0 Å². The highest BCUT2D eigenvalue weighted by Gasteiger charge is 2.20. The average molecular weight is 649 g/mol. The number of hydrogen-bond acceptors (Lipinski definition) is 2. The first-order chi connectivity index (χ1) is 22.5. The lowest BCUT2D eigenvalue weighted by molar-refractivity contribution is -0.459. The van der Waals surface area contributed by atoms with Crippen LogP contribution in [0.25, 0.3) is 0 Å². The van der Waals surface area contributed by atoms with Crippen molar-refractivity contribution in [3.8, 4) is 0 Å². The first-order valence-electron chi connectivity index (χ1n) is 19.8. The predicted molar refractivity (Wildman–Crippen MR) is 199 cm³/mol. The van der Waals surface area contributed by atoms with E-state index >= 15 is 0 Å². The highest BCUT2D eigenvalue weighted by molar-refractivity contribution is 5.87. The summed E-state index contributed by atoms with van der Waals surface area (Å²) < 4.78 is 0. The Kier molecular flexibility index (Phi) is 34.2. The van der Waals surface area contributed by atoms with Gasteiger partial charge in [0.25, 0.3) is 0 Å². The van der Waals surface area contributed by atoms with Gasteiger partial charge in [-0.3, -0.25) is 26.0 Å². The smallest absolute Gasteiger partial charge is 0.338 e. The van der Waals surface area contributed by atoms with Gasteiger partial charge in [0.2, 0.25) is 11.8 Å². The third-order valence-electron chi connectivity index (χ3n) is 8.91. The molecule has 0 aliphatic carbocycles. The Morgan fingerprint density at radius 3 is 1.46 bits per heavy atom. The van der Waals surface area contributed by atoms with Crippen LogP contribution in [0.2, 0.25) is 0 Å². The van der Waals surface area contributed by atoms with Gasteiger partial charge >= 0.3 is 5.96 Å². The second-order valence-corrected chi connectivity index (χ2v) is 13.5. The predicted octanol–water partition coefficient (Wildman–Crippen LogP) is 7.85. The molecular weight excluding hydrogens is 570 g/mol. The number of nitrogens with two attached hydrogens (primary N) is 2. The van der Waals surface area contributed by atoms with E-state index in [0.717, 1.165) is 38.5 Å². The summed E-state index contributed by atoms with van der Waals surface area (Å²) in [6, 6.07) is -0.575. The first-order valence-corrected chi connectivity index (χ1v) is 19.8. The molecule has 7 heteroatoms. The summed E-state index contributed by atoms with van der Waals surface area (Å²) in [5.41, 5.74) is 11.0. The Morgan fingerprint density at radius 1 is 0.587 bits per heavy atom. The Labute approximate surface area is 285 Å². The summed E-state index contributed by atoms with van der Waals surface area (Å²) in [5.74, 6) is -0.0508. The van der Waals surface area contributed by atoms with Crippen LogP contribution in [0.1, 0.15) is 200 Å². The van der Waals surface area contributed by atoms with Gasteiger partial charge in [0.05, 0.1) is 6.54 Å². The molecule has 0 saturated heterocycles. The summed E-state index contributed by atoms with van der Waals surface area (Å²) in [5, 5.41) is 5.99. The molecular formula is C39H78N5O2+. The molecule has 0 aliphatic heterocycles. The maximum absolute atomic E-state index is 12.9. The fourth-order valence-electron chi connectivity index (χ4n) is 5.91. The number of allylic oxidation sites excluding steroid dienone is 2. The summed E-state index contributed by atoms with van der Waals surface area (Å²) in [6.45, 7) is 5.62. The minimum Gasteiger partial charge on any atom is -0.354 e. The van der Waals surface area contributed by atoms with E-state index in [9.17, 15) is 9.59 Å². The molecule has 0 aromatic rings. The second kappa shape index (κ2) is 35.8. The minimum atomic E-state index is -0.575. The van der Waals surface area contributed by atoms with Gasteiger partial charge in [-0.1, -0.05) is 161 Å². The number of rotatable bonds is 35. The van der Waals surface area contributed by atoms with Crippen LogP contribution in [0, 0.1) is 0 Å². The Hall–Kier alpha value is -2.05. The first kappa shape index (κ1) is 43.9. The fourth-order valence-corrected chi connectivity index (χ4v) is 5.91. The molecule has 2 amide bonds. The Morgan fingerprint density at radius 2 is 1.00 bits per heavy atom. The van der Waals surface area contributed by atoms with Crippen molar-refractivity contribution in [2.45, 2.75) is 206 Å². The third-order valence-corrected chi connectivity index (χ3v) is 8.91. The average Bonchev–Trinajstić information content (AvgIpc) is 3.04. The largest absolute Gasteiger partial charge is 0.354 e. The molecule has 270 valence electrons. The van der Waals surface area contributed by atoms with Crippen LogP contribution in [-0.4, -0.2) is 36.9 Å². The molecule has 46 heavy (non-hydrogen) atoms. The Bertz CT molecular complexity index is 736. The molecule has 1 unspecified atom stereocenters. The van der Waals surface area contributed by atoms with Gasteiger partial charge < -0.3 is 10.6 Å². The SMILES string of the molecule is CCCCCCCC/C=C/CCCCCCCC(=O)NC(CC[NH+]=C(N)N)C(=O)NCCCCCCCCCCCCCCCC. The molecule has 7 nitrogen and oxygen atoms in total. The van der Waals surface area contributed by atoms with E-state index < -0.39 is 6.04 Å². The Balaban J connectivity index is 3.95. The molecule has 0 aromatic carbocycles. The molecule has 0 heterocycles. The number of guanidine groups is 1. The van der Waals surface area contributed by atoms with Crippen LogP contribution in [0.15, 0.2) is 12.2 Å². The van der Waals surface area contributed by atoms with E-state index in [-0.39, 0.29) is 17.8 Å². The summed E-state index contributed by atoms with van der Waals surface area (Å²) in [6.07, 6.45) is 40.0. The van der Waals surface area contributed by atoms with Crippen molar-refractivity contribution < 1.29 is 14.6 Å². The molecule has 0 bridgehead atoms. The van der Waals surface area contributed by atoms with E-state index in [1.807, 2.05) is 0 Å². The van der Waals surface area contributed by atoms with Crippen molar-refractivity contribution in [2.24, 2.45) is 11.5 Å². The van der Waals surface area contributed by atoms with Gasteiger partial charge in [0.1, 0.15) is 6.04 Å². The van der Waals surface area contributed by atoms with Crippen LogP contribution >= 0.6 is 0 Å². The fraction of sp³-hybridized carbons (Fsp3) is 0.872. The topological polar surface area (TPSA) is 124 Å². The van der Waals surface area contributed by atoms with Gasteiger partial charge in [0.15, 0.2) is 0 Å².